The SMILES string of the molecule is O=C(O)C(F)CN1CCOCC1. The summed E-state index contributed by atoms with van der Waals surface area (Å²) in [6, 6.07) is 0. The molecule has 1 saturated heterocycles. The van der Waals surface area contributed by atoms with Crippen molar-refractivity contribution in [3.8, 4) is 0 Å². The van der Waals surface area contributed by atoms with E-state index in [4.69, 9.17) is 9.84 Å². The molecule has 5 heteroatoms. The molecule has 1 atom stereocenters. The molecular weight excluding hydrogens is 165 g/mol. The lowest BCUT2D eigenvalue weighted by Gasteiger charge is -2.26. The van der Waals surface area contributed by atoms with Gasteiger partial charge in [0.2, 0.25) is 6.17 Å². The number of carboxylic acids is 1. The van der Waals surface area contributed by atoms with Crippen molar-refractivity contribution in [3.63, 3.8) is 0 Å². The van der Waals surface area contributed by atoms with Crippen LogP contribution in [0.4, 0.5) is 4.39 Å². The van der Waals surface area contributed by atoms with Crippen molar-refractivity contribution in [2.45, 2.75) is 6.17 Å². The second-order valence-corrected chi connectivity index (χ2v) is 2.72. The lowest BCUT2D eigenvalue weighted by atomic mass is 10.3. The van der Waals surface area contributed by atoms with Crippen LogP contribution in [0.2, 0.25) is 0 Å². The van der Waals surface area contributed by atoms with Gasteiger partial charge in [0, 0.05) is 19.6 Å². The number of hydrogen-bond donors (Lipinski definition) is 1. The zero-order chi connectivity index (χ0) is 8.97. The molecule has 1 heterocycles. The van der Waals surface area contributed by atoms with Gasteiger partial charge in [0.25, 0.3) is 0 Å². The van der Waals surface area contributed by atoms with Gasteiger partial charge in [-0.2, -0.15) is 0 Å². The van der Waals surface area contributed by atoms with E-state index in [0.29, 0.717) is 26.3 Å². The van der Waals surface area contributed by atoms with E-state index in [1.54, 1.807) is 4.90 Å². The number of carbonyl (C=O) groups is 1. The second kappa shape index (κ2) is 4.37. The molecule has 0 amide bonds. The largest absolute Gasteiger partial charge is 0.479 e. The Morgan fingerprint density at radius 1 is 1.58 bits per heavy atom. The normalized spacial score (nSPS) is 22.1. The van der Waals surface area contributed by atoms with Crippen molar-refractivity contribution in [1.29, 1.82) is 0 Å². The van der Waals surface area contributed by atoms with Crippen molar-refractivity contribution in [1.82, 2.24) is 4.90 Å². The summed E-state index contributed by atoms with van der Waals surface area (Å²) in [5.41, 5.74) is 0. The molecule has 1 aliphatic rings. The van der Waals surface area contributed by atoms with Crippen molar-refractivity contribution in [2.75, 3.05) is 32.8 Å². The Bertz CT molecular complexity index is 159. The predicted molar refractivity (Wildman–Crippen MR) is 39.8 cm³/mol. The average molecular weight is 177 g/mol. The Kier molecular flexibility index (Phi) is 3.43. The highest BCUT2D eigenvalue weighted by atomic mass is 19.1. The van der Waals surface area contributed by atoms with Crippen LogP contribution in [0.1, 0.15) is 0 Å². The van der Waals surface area contributed by atoms with E-state index >= 15 is 0 Å². The van der Waals surface area contributed by atoms with E-state index in [1.165, 1.54) is 0 Å². The van der Waals surface area contributed by atoms with E-state index in [9.17, 15) is 9.18 Å². The number of hydrogen-bond acceptors (Lipinski definition) is 3. The highest BCUT2D eigenvalue weighted by molar-refractivity contribution is 5.72. The summed E-state index contributed by atoms with van der Waals surface area (Å²) < 4.78 is 17.7. The van der Waals surface area contributed by atoms with E-state index < -0.39 is 12.1 Å². The molecule has 1 rings (SSSR count). The van der Waals surface area contributed by atoms with Crippen molar-refractivity contribution in [3.05, 3.63) is 0 Å². The standard InChI is InChI=1S/C7H12FNO3/c8-6(7(10)11)5-9-1-3-12-4-2-9/h6H,1-5H2,(H,10,11). The van der Waals surface area contributed by atoms with Crippen molar-refractivity contribution in [2.24, 2.45) is 0 Å². The first-order valence-corrected chi connectivity index (χ1v) is 3.87. The van der Waals surface area contributed by atoms with Crippen LogP contribution in [0, 0.1) is 0 Å². The fourth-order valence-corrected chi connectivity index (χ4v) is 1.09. The van der Waals surface area contributed by atoms with Gasteiger partial charge < -0.3 is 9.84 Å². The Hall–Kier alpha value is -0.680. The molecule has 12 heavy (non-hydrogen) atoms. The van der Waals surface area contributed by atoms with Crippen LogP contribution in [-0.2, 0) is 9.53 Å². The maximum Gasteiger partial charge on any atom is 0.339 e. The molecule has 1 aliphatic heterocycles. The van der Waals surface area contributed by atoms with Gasteiger partial charge in [-0.1, -0.05) is 0 Å². The quantitative estimate of drug-likeness (QED) is 0.645. The molecule has 0 bridgehead atoms. The molecule has 1 fully saturated rings. The van der Waals surface area contributed by atoms with Crippen molar-refractivity contribution >= 4 is 5.97 Å². The second-order valence-electron chi connectivity index (χ2n) is 2.72. The van der Waals surface area contributed by atoms with Gasteiger partial charge in [-0.15, -0.1) is 0 Å². The van der Waals surface area contributed by atoms with Gasteiger partial charge in [-0.05, 0) is 0 Å². The summed E-state index contributed by atoms with van der Waals surface area (Å²) in [6.45, 7) is 2.33. The predicted octanol–water partition coefficient (Wildman–Crippen LogP) is -0.259. The smallest absolute Gasteiger partial charge is 0.339 e. The molecule has 1 unspecified atom stereocenters. The van der Waals surface area contributed by atoms with Crippen LogP contribution in [0.15, 0.2) is 0 Å². The van der Waals surface area contributed by atoms with Crippen LogP contribution < -0.4 is 0 Å². The zero-order valence-electron chi connectivity index (χ0n) is 6.70. The van der Waals surface area contributed by atoms with Gasteiger partial charge in [0.1, 0.15) is 0 Å². The highest BCUT2D eigenvalue weighted by Gasteiger charge is 2.21. The minimum Gasteiger partial charge on any atom is -0.479 e. The number of carboxylic acid groups (broad SMARTS) is 1. The molecule has 0 saturated carbocycles. The molecule has 70 valence electrons. The number of aliphatic carboxylic acids is 1. The molecule has 0 radical (unpaired) electrons. The molecule has 0 aliphatic carbocycles. The van der Waals surface area contributed by atoms with Gasteiger partial charge in [0.15, 0.2) is 0 Å². The maximum absolute atomic E-state index is 12.6. The van der Waals surface area contributed by atoms with Crippen LogP contribution in [0.25, 0.3) is 0 Å². The zero-order valence-corrected chi connectivity index (χ0v) is 6.70. The van der Waals surface area contributed by atoms with Crippen LogP contribution in [0.5, 0.6) is 0 Å². The fraction of sp³-hybridized carbons (Fsp3) is 0.857. The first-order chi connectivity index (χ1) is 5.70. The number of nitrogens with zero attached hydrogens (tertiary/aromatic N) is 1. The monoisotopic (exact) mass is 177 g/mol. The van der Waals surface area contributed by atoms with Crippen LogP contribution in [-0.4, -0.2) is 55.0 Å². The third-order valence-corrected chi connectivity index (χ3v) is 1.79. The van der Waals surface area contributed by atoms with E-state index in [0.717, 1.165) is 0 Å². The number of halogens is 1. The molecule has 0 aromatic heterocycles. The summed E-state index contributed by atoms with van der Waals surface area (Å²) in [5.74, 6) is -1.39. The minimum atomic E-state index is -1.77. The van der Waals surface area contributed by atoms with Gasteiger partial charge >= 0.3 is 5.97 Å². The third kappa shape index (κ3) is 2.75. The first kappa shape index (κ1) is 9.41. The number of ether oxygens (including phenoxy) is 1. The Morgan fingerprint density at radius 3 is 2.67 bits per heavy atom. The first-order valence-electron chi connectivity index (χ1n) is 3.87. The summed E-state index contributed by atoms with van der Waals surface area (Å²) in [4.78, 5) is 11.9. The Labute approximate surface area is 69.9 Å². The third-order valence-electron chi connectivity index (χ3n) is 1.79. The Balaban J connectivity index is 2.24. The van der Waals surface area contributed by atoms with E-state index in [1.807, 2.05) is 0 Å². The molecule has 1 N–H and O–H groups in total. The minimum absolute atomic E-state index is 0.0291. The molecular formula is C7H12FNO3. The Morgan fingerprint density at radius 2 is 2.17 bits per heavy atom. The molecule has 0 spiro atoms. The van der Waals surface area contributed by atoms with Gasteiger partial charge in [-0.3, -0.25) is 4.90 Å². The number of morpholine rings is 1. The molecule has 4 nitrogen and oxygen atoms in total. The molecule has 0 aromatic carbocycles. The number of rotatable bonds is 3. The highest BCUT2D eigenvalue weighted by Crippen LogP contribution is 2.00. The summed E-state index contributed by atoms with van der Waals surface area (Å²) in [5, 5.41) is 8.28. The van der Waals surface area contributed by atoms with E-state index in [2.05, 4.69) is 0 Å². The van der Waals surface area contributed by atoms with Gasteiger partial charge in [0.05, 0.1) is 13.2 Å². The average Bonchev–Trinajstić information content (AvgIpc) is 2.06. The lowest BCUT2D eigenvalue weighted by Crippen LogP contribution is -2.41. The van der Waals surface area contributed by atoms with Crippen molar-refractivity contribution < 1.29 is 19.0 Å². The van der Waals surface area contributed by atoms with E-state index in [-0.39, 0.29) is 6.54 Å². The molecule has 0 aromatic rings. The van der Waals surface area contributed by atoms with Crippen LogP contribution >= 0.6 is 0 Å². The summed E-state index contributed by atoms with van der Waals surface area (Å²) in [6.07, 6.45) is -1.77. The fourth-order valence-electron chi connectivity index (χ4n) is 1.09. The topological polar surface area (TPSA) is 49.8 Å². The summed E-state index contributed by atoms with van der Waals surface area (Å²) >= 11 is 0. The maximum atomic E-state index is 12.6. The summed E-state index contributed by atoms with van der Waals surface area (Å²) in [7, 11) is 0. The van der Waals surface area contributed by atoms with Gasteiger partial charge in [-0.25, -0.2) is 9.18 Å². The lowest BCUT2D eigenvalue weighted by molar-refractivity contribution is -0.143. The van der Waals surface area contributed by atoms with Crippen LogP contribution in [0.3, 0.4) is 0 Å². The number of alkyl halides is 1.